The number of anilines is 1. The monoisotopic (exact) mass is 528 g/mol. The van der Waals surface area contributed by atoms with Gasteiger partial charge in [-0.25, -0.2) is 18.7 Å². The Balaban J connectivity index is 1.22. The molecule has 11 heteroatoms. The van der Waals surface area contributed by atoms with Crippen molar-refractivity contribution in [2.45, 2.75) is 13.5 Å². The Morgan fingerprint density at radius 2 is 1.97 bits per heavy atom. The Morgan fingerprint density at radius 1 is 1.13 bits per heavy atom. The van der Waals surface area contributed by atoms with Gasteiger partial charge in [-0.2, -0.15) is 0 Å². The Bertz CT molecular complexity index is 1720. The molecule has 0 unspecified atom stereocenters. The summed E-state index contributed by atoms with van der Waals surface area (Å²) in [6.45, 7) is 1.91. The number of H-pyrrole nitrogens is 1. The zero-order valence-electron chi connectivity index (χ0n) is 20.7. The molecule has 0 atom stereocenters. The summed E-state index contributed by atoms with van der Waals surface area (Å²) in [6.07, 6.45) is 9.31. The highest BCUT2D eigenvalue weighted by atomic mass is 19.2. The number of aromatic amines is 1. The number of fused-ring (bicyclic) bond motifs is 1. The van der Waals surface area contributed by atoms with Crippen molar-refractivity contribution in [3.8, 4) is 0 Å². The third-order valence-electron chi connectivity index (χ3n) is 6.01. The molecule has 0 aliphatic carbocycles. The minimum Gasteiger partial charge on any atom is -0.348 e. The highest BCUT2D eigenvalue weighted by Gasteiger charge is 2.24. The number of nitrogens with zero attached hydrogens (tertiary/aromatic N) is 3. The molecule has 0 saturated heterocycles. The SMILES string of the molecule is Cc1c[nH]c(C=C2C(=O)Nc3cc(/C=C/CNC(=O)c4cncn(Cc5ccc(F)c(F)c5)c4=O)ccc32)n1. The van der Waals surface area contributed by atoms with Crippen LogP contribution in [0, 0.1) is 18.6 Å². The second kappa shape index (κ2) is 10.7. The van der Waals surface area contributed by atoms with E-state index in [4.69, 9.17) is 0 Å². The minimum atomic E-state index is -1.03. The van der Waals surface area contributed by atoms with Crippen molar-refractivity contribution in [1.82, 2.24) is 24.8 Å². The van der Waals surface area contributed by atoms with Gasteiger partial charge in [0.1, 0.15) is 11.4 Å². The fourth-order valence-electron chi connectivity index (χ4n) is 4.10. The molecule has 1 aliphatic heterocycles. The van der Waals surface area contributed by atoms with E-state index in [1.807, 2.05) is 25.1 Å². The summed E-state index contributed by atoms with van der Waals surface area (Å²) < 4.78 is 27.8. The van der Waals surface area contributed by atoms with Crippen molar-refractivity contribution in [2.75, 3.05) is 11.9 Å². The van der Waals surface area contributed by atoms with Gasteiger partial charge < -0.3 is 15.6 Å². The molecule has 0 bridgehead atoms. The quantitative estimate of drug-likeness (QED) is 0.317. The fraction of sp³-hybridized carbons (Fsp3) is 0.107. The maximum absolute atomic E-state index is 13.5. The number of carbonyl (C=O) groups excluding carboxylic acids is 2. The second-order valence-electron chi connectivity index (χ2n) is 8.85. The lowest BCUT2D eigenvalue weighted by molar-refractivity contribution is -0.110. The lowest BCUT2D eigenvalue weighted by Crippen LogP contribution is -2.33. The molecule has 3 N–H and O–H groups in total. The zero-order chi connectivity index (χ0) is 27.5. The lowest BCUT2D eigenvalue weighted by Gasteiger charge is -2.08. The predicted molar refractivity (Wildman–Crippen MR) is 142 cm³/mol. The van der Waals surface area contributed by atoms with E-state index in [1.165, 1.54) is 12.4 Å². The number of benzene rings is 2. The summed E-state index contributed by atoms with van der Waals surface area (Å²) >= 11 is 0. The van der Waals surface area contributed by atoms with E-state index in [0.29, 0.717) is 22.6 Å². The summed E-state index contributed by atoms with van der Waals surface area (Å²) in [7, 11) is 0. The topological polar surface area (TPSA) is 122 Å². The number of nitrogens with one attached hydrogen (secondary N) is 3. The van der Waals surface area contributed by atoms with Crippen LogP contribution in [0.2, 0.25) is 0 Å². The van der Waals surface area contributed by atoms with Crippen molar-refractivity contribution in [3.63, 3.8) is 0 Å². The van der Waals surface area contributed by atoms with Crippen molar-refractivity contribution in [3.05, 3.63) is 117 Å². The Hall–Kier alpha value is -5.19. The van der Waals surface area contributed by atoms with E-state index in [0.717, 1.165) is 39.7 Å². The normalized spacial score (nSPS) is 13.6. The highest BCUT2D eigenvalue weighted by Crippen LogP contribution is 2.33. The van der Waals surface area contributed by atoms with E-state index in [-0.39, 0.29) is 24.6 Å². The average molecular weight is 529 g/mol. The van der Waals surface area contributed by atoms with Gasteiger partial charge in [-0.15, -0.1) is 0 Å². The Labute approximate surface area is 220 Å². The van der Waals surface area contributed by atoms with Crippen molar-refractivity contribution >= 4 is 35.2 Å². The maximum atomic E-state index is 13.5. The molecule has 2 amide bonds. The van der Waals surface area contributed by atoms with Crippen LogP contribution in [0.5, 0.6) is 0 Å². The molecule has 3 heterocycles. The molecule has 2 aromatic carbocycles. The number of hydrogen-bond donors (Lipinski definition) is 3. The Kier molecular flexibility index (Phi) is 6.96. The van der Waals surface area contributed by atoms with E-state index >= 15 is 0 Å². The lowest BCUT2D eigenvalue weighted by atomic mass is 10.0. The molecule has 0 spiro atoms. The molecule has 196 valence electrons. The largest absolute Gasteiger partial charge is 0.348 e. The molecule has 39 heavy (non-hydrogen) atoms. The van der Waals surface area contributed by atoms with E-state index in [9.17, 15) is 23.2 Å². The van der Waals surface area contributed by atoms with E-state index in [2.05, 4.69) is 25.6 Å². The van der Waals surface area contributed by atoms with Gasteiger partial charge in [0.25, 0.3) is 17.4 Å². The molecular weight excluding hydrogens is 506 g/mol. The van der Waals surface area contributed by atoms with Gasteiger partial charge in [-0.1, -0.05) is 30.4 Å². The molecule has 5 rings (SSSR count). The van der Waals surface area contributed by atoms with Crippen LogP contribution in [0.3, 0.4) is 0 Å². The van der Waals surface area contributed by atoms with Crippen LogP contribution in [0.4, 0.5) is 14.5 Å². The number of rotatable bonds is 7. The van der Waals surface area contributed by atoms with Crippen molar-refractivity contribution < 1.29 is 18.4 Å². The minimum absolute atomic E-state index is 0.0724. The summed E-state index contributed by atoms with van der Waals surface area (Å²) in [5, 5.41) is 5.48. The first-order chi connectivity index (χ1) is 18.8. The van der Waals surface area contributed by atoms with E-state index < -0.39 is 23.1 Å². The number of amides is 2. The van der Waals surface area contributed by atoms with Crippen LogP contribution < -0.4 is 16.2 Å². The van der Waals surface area contributed by atoms with Gasteiger partial charge in [0.05, 0.1) is 24.1 Å². The second-order valence-corrected chi connectivity index (χ2v) is 8.85. The van der Waals surface area contributed by atoms with Crippen LogP contribution in [-0.4, -0.2) is 37.9 Å². The van der Waals surface area contributed by atoms with Crippen LogP contribution in [0.15, 0.2) is 66.0 Å². The highest BCUT2D eigenvalue weighted by molar-refractivity contribution is 6.34. The van der Waals surface area contributed by atoms with Crippen LogP contribution in [0.1, 0.15) is 38.6 Å². The predicted octanol–water partition coefficient (Wildman–Crippen LogP) is 3.54. The summed E-state index contributed by atoms with van der Waals surface area (Å²) in [5.74, 6) is -2.27. The summed E-state index contributed by atoms with van der Waals surface area (Å²) in [5.41, 5.74) is 3.11. The number of imidazole rings is 1. The third kappa shape index (κ3) is 5.57. The summed E-state index contributed by atoms with van der Waals surface area (Å²) in [6, 6.07) is 8.80. The molecule has 4 aromatic rings. The summed E-state index contributed by atoms with van der Waals surface area (Å²) in [4.78, 5) is 49.0. The van der Waals surface area contributed by atoms with Crippen molar-refractivity contribution in [2.24, 2.45) is 0 Å². The number of aromatic nitrogens is 4. The van der Waals surface area contributed by atoms with Crippen LogP contribution in [-0.2, 0) is 11.3 Å². The molecular formula is C28H22F2N6O3. The number of hydrogen-bond acceptors (Lipinski definition) is 5. The van der Waals surface area contributed by atoms with Gasteiger partial charge >= 0.3 is 0 Å². The molecule has 0 radical (unpaired) electrons. The molecule has 9 nitrogen and oxygen atoms in total. The maximum Gasteiger partial charge on any atom is 0.266 e. The molecule has 1 aliphatic rings. The first-order valence-electron chi connectivity index (χ1n) is 11.9. The molecule has 2 aromatic heterocycles. The van der Waals surface area contributed by atoms with Gasteiger partial charge in [0.15, 0.2) is 11.6 Å². The van der Waals surface area contributed by atoms with Gasteiger partial charge in [-0.3, -0.25) is 19.0 Å². The molecule has 0 fully saturated rings. The first kappa shape index (κ1) is 25.5. The van der Waals surface area contributed by atoms with E-state index in [1.54, 1.807) is 24.4 Å². The average Bonchev–Trinajstić information content (AvgIpc) is 3.46. The van der Waals surface area contributed by atoms with Gasteiger partial charge in [0, 0.05) is 30.2 Å². The Morgan fingerprint density at radius 3 is 2.74 bits per heavy atom. The number of carbonyl (C=O) groups is 2. The fourth-order valence-corrected chi connectivity index (χ4v) is 4.10. The first-order valence-corrected chi connectivity index (χ1v) is 11.9. The van der Waals surface area contributed by atoms with Crippen molar-refractivity contribution in [1.29, 1.82) is 0 Å². The number of halogens is 2. The smallest absolute Gasteiger partial charge is 0.266 e. The third-order valence-corrected chi connectivity index (χ3v) is 6.01. The van der Waals surface area contributed by atoms with Crippen LogP contribution in [0.25, 0.3) is 17.7 Å². The van der Waals surface area contributed by atoms with Crippen LogP contribution >= 0.6 is 0 Å². The van der Waals surface area contributed by atoms with Gasteiger partial charge in [0.2, 0.25) is 0 Å². The zero-order valence-corrected chi connectivity index (χ0v) is 20.7. The number of aryl methyl sites for hydroxylation is 1. The standard InChI is InChI=1S/C28H22F2N6O3/c1-16-12-33-25(34-16)11-20-19-6-4-17(10-24(19)35-27(20)38)3-2-8-32-26(37)21-13-31-15-36(28(21)39)14-18-5-7-22(29)23(30)9-18/h2-7,9-13,15H,8,14H2,1H3,(H,32,37)(H,33,34)(H,35,38)/b3-2+,20-11?. The molecule has 0 saturated carbocycles. The van der Waals surface area contributed by atoms with Gasteiger partial charge in [-0.05, 0) is 42.3 Å².